The third kappa shape index (κ3) is 6.42. The van der Waals surface area contributed by atoms with Crippen LogP contribution in [0.4, 0.5) is 11.4 Å². The Balaban J connectivity index is 1.56. The molecule has 1 aliphatic carbocycles. The van der Waals surface area contributed by atoms with Gasteiger partial charge in [0.15, 0.2) is 0 Å². The molecule has 0 spiro atoms. The number of hydrogen-bond acceptors (Lipinski definition) is 3. The van der Waals surface area contributed by atoms with Crippen LogP contribution in [-0.4, -0.2) is 26.3 Å². The first-order valence-corrected chi connectivity index (χ1v) is 13.0. The molecule has 1 saturated carbocycles. The molecule has 4 rings (SSSR count). The number of rotatable bonds is 9. The molecule has 1 heterocycles. The Bertz CT molecular complexity index is 979. The van der Waals surface area contributed by atoms with E-state index in [1.165, 1.54) is 60.3 Å². The normalized spacial score (nSPS) is 17.1. The first kappa shape index (κ1) is 24.3. The van der Waals surface area contributed by atoms with E-state index in [0.29, 0.717) is 5.92 Å². The Kier molecular flexibility index (Phi) is 8.65. The lowest BCUT2D eigenvalue weighted by molar-refractivity contribution is 0.122. The number of anilines is 2. The summed E-state index contributed by atoms with van der Waals surface area (Å²) in [5.74, 6) is 0.570. The maximum Gasteiger partial charge on any atom is 0.0642 e. The molecule has 2 aliphatic rings. The van der Waals surface area contributed by atoms with Crippen LogP contribution in [0.3, 0.4) is 0 Å². The quantitative estimate of drug-likeness (QED) is 0.361. The van der Waals surface area contributed by atoms with Gasteiger partial charge in [-0.1, -0.05) is 81.3 Å². The van der Waals surface area contributed by atoms with Crippen molar-refractivity contribution >= 4 is 17.5 Å². The fourth-order valence-corrected chi connectivity index (χ4v) is 4.96. The van der Waals surface area contributed by atoms with Gasteiger partial charge < -0.3 is 14.5 Å². The molecule has 3 heteroatoms. The summed E-state index contributed by atoms with van der Waals surface area (Å²) in [6.07, 6.45) is 11.8. The molecule has 0 radical (unpaired) electrons. The third-order valence-electron chi connectivity index (χ3n) is 7.22. The lowest BCUT2D eigenvalue weighted by atomic mass is 9.86. The Labute approximate surface area is 206 Å². The standard InChI is InChI=1S/C31H40N2O/c1-4-25(2)13-14-27-9-8-12-31(23-27)33(26(3)29-10-6-5-7-11-29)24-28-15-17-30(18-16-28)32-19-21-34-22-20-32/h8-9,12-18,23,29H,2-7,10-11,19-22,24H2,1H3/b14-13+. The van der Waals surface area contributed by atoms with Gasteiger partial charge in [0.25, 0.3) is 0 Å². The van der Waals surface area contributed by atoms with Crippen LogP contribution in [0.2, 0.25) is 0 Å². The minimum atomic E-state index is 0.570. The number of nitrogens with zero attached hydrogens (tertiary/aromatic N) is 2. The van der Waals surface area contributed by atoms with E-state index < -0.39 is 0 Å². The molecule has 1 aliphatic heterocycles. The highest BCUT2D eigenvalue weighted by atomic mass is 16.5. The molecular weight excluding hydrogens is 416 g/mol. The number of ether oxygens (including phenoxy) is 1. The van der Waals surface area contributed by atoms with Crippen molar-refractivity contribution in [1.82, 2.24) is 0 Å². The monoisotopic (exact) mass is 456 g/mol. The van der Waals surface area contributed by atoms with E-state index in [4.69, 9.17) is 4.74 Å². The number of allylic oxidation sites excluding steroid dienone is 3. The second kappa shape index (κ2) is 12.1. The summed E-state index contributed by atoms with van der Waals surface area (Å²) in [5, 5.41) is 0. The highest BCUT2D eigenvalue weighted by Crippen LogP contribution is 2.34. The van der Waals surface area contributed by atoms with Crippen molar-refractivity contribution in [2.75, 3.05) is 36.1 Å². The fourth-order valence-electron chi connectivity index (χ4n) is 4.96. The Morgan fingerprint density at radius 1 is 1.03 bits per heavy atom. The molecule has 2 aromatic carbocycles. The molecule has 2 fully saturated rings. The van der Waals surface area contributed by atoms with Crippen LogP contribution >= 0.6 is 0 Å². The van der Waals surface area contributed by atoms with Crippen molar-refractivity contribution in [2.45, 2.75) is 52.0 Å². The topological polar surface area (TPSA) is 15.7 Å². The minimum Gasteiger partial charge on any atom is -0.378 e. The Hall–Kier alpha value is -2.78. The van der Waals surface area contributed by atoms with Gasteiger partial charge in [0.1, 0.15) is 0 Å². The first-order valence-electron chi connectivity index (χ1n) is 13.0. The van der Waals surface area contributed by atoms with Gasteiger partial charge in [-0.3, -0.25) is 0 Å². The second-order valence-corrected chi connectivity index (χ2v) is 9.62. The summed E-state index contributed by atoms with van der Waals surface area (Å²) in [6.45, 7) is 15.3. The maximum absolute atomic E-state index is 5.51. The van der Waals surface area contributed by atoms with E-state index in [1.54, 1.807) is 0 Å². The van der Waals surface area contributed by atoms with Gasteiger partial charge in [-0.2, -0.15) is 0 Å². The average molecular weight is 457 g/mol. The molecule has 0 atom stereocenters. The van der Waals surface area contributed by atoms with Gasteiger partial charge in [-0.25, -0.2) is 0 Å². The number of benzene rings is 2. The minimum absolute atomic E-state index is 0.570. The largest absolute Gasteiger partial charge is 0.378 e. The summed E-state index contributed by atoms with van der Waals surface area (Å²) in [4.78, 5) is 4.86. The average Bonchev–Trinajstić information content (AvgIpc) is 2.91. The van der Waals surface area contributed by atoms with Crippen LogP contribution in [0.5, 0.6) is 0 Å². The fraction of sp³-hybridized carbons (Fsp3) is 0.419. The lowest BCUT2D eigenvalue weighted by Gasteiger charge is -2.34. The molecule has 0 N–H and O–H groups in total. The highest BCUT2D eigenvalue weighted by molar-refractivity contribution is 5.62. The lowest BCUT2D eigenvalue weighted by Crippen LogP contribution is -2.36. The van der Waals surface area contributed by atoms with Crippen LogP contribution in [0.25, 0.3) is 6.08 Å². The summed E-state index contributed by atoms with van der Waals surface area (Å²) in [6, 6.07) is 17.9. The van der Waals surface area contributed by atoms with E-state index in [0.717, 1.165) is 44.8 Å². The zero-order chi connectivity index (χ0) is 23.8. The molecule has 0 amide bonds. The van der Waals surface area contributed by atoms with E-state index in [9.17, 15) is 0 Å². The Morgan fingerprint density at radius 3 is 2.47 bits per heavy atom. The molecule has 0 aromatic heterocycles. The number of hydrogen-bond donors (Lipinski definition) is 0. The number of morpholine rings is 1. The van der Waals surface area contributed by atoms with Crippen LogP contribution in [0, 0.1) is 5.92 Å². The van der Waals surface area contributed by atoms with Gasteiger partial charge in [0.2, 0.25) is 0 Å². The van der Waals surface area contributed by atoms with Crippen molar-refractivity contribution in [1.29, 1.82) is 0 Å². The third-order valence-corrected chi connectivity index (χ3v) is 7.22. The predicted molar refractivity (Wildman–Crippen MR) is 146 cm³/mol. The summed E-state index contributed by atoms with van der Waals surface area (Å²) in [7, 11) is 0. The molecule has 0 unspecified atom stereocenters. The summed E-state index contributed by atoms with van der Waals surface area (Å²) in [5.41, 5.74) is 7.43. The van der Waals surface area contributed by atoms with Gasteiger partial charge >= 0.3 is 0 Å². The van der Waals surface area contributed by atoms with E-state index in [2.05, 4.69) is 90.6 Å². The van der Waals surface area contributed by atoms with E-state index in [1.807, 2.05) is 0 Å². The summed E-state index contributed by atoms with van der Waals surface area (Å²) < 4.78 is 5.51. The van der Waals surface area contributed by atoms with E-state index in [-0.39, 0.29) is 0 Å². The zero-order valence-corrected chi connectivity index (χ0v) is 20.8. The van der Waals surface area contributed by atoms with Gasteiger partial charge in [-0.05, 0) is 60.6 Å². The molecule has 34 heavy (non-hydrogen) atoms. The van der Waals surface area contributed by atoms with Crippen molar-refractivity contribution in [3.63, 3.8) is 0 Å². The molecule has 1 saturated heterocycles. The van der Waals surface area contributed by atoms with Crippen molar-refractivity contribution < 1.29 is 4.74 Å². The van der Waals surface area contributed by atoms with Crippen LogP contribution in [0.15, 0.2) is 79.0 Å². The molecule has 0 bridgehead atoms. The van der Waals surface area contributed by atoms with Crippen LogP contribution in [-0.2, 0) is 11.3 Å². The van der Waals surface area contributed by atoms with Gasteiger partial charge in [0.05, 0.1) is 13.2 Å². The van der Waals surface area contributed by atoms with Crippen molar-refractivity contribution in [3.8, 4) is 0 Å². The maximum atomic E-state index is 5.51. The molecule has 180 valence electrons. The van der Waals surface area contributed by atoms with Gasteiger partial charge in [-0.15, -0.1) is 0 Å². The Morgan fingerprint density at radius 2 is 1.76 bits per heavy atom. The van der Waals surface area contributed by atoms with Crippen LogP contribution < -0.4 is 9.80 Å². The molecular formula is C31H40N2O. The van der Waals surface area contributed by atoms with E-state index >= 15 is 0 Å². The van der Waals surface area contributed by atoms with Gasteiger partial charge in [0, 0.05) is 36.7 Å². The smallest absolute Gasteiger partial charge is 0.0642 e. The molecule has 2 aromatic rings. The zero-order valence-electron chi connectivity index (χ0n) is 20.8. The van der Waals surface area contributed by atoms with Crippen molar-refractivity contribution in [2.24, 2.45) is 5.92 Å². The predicted octanol–water partition coefficient (Wildman–Crippen LogP) is 7.60. The first-order chi connectivity index (χ1) is 16.6. The second-order valence-electron chi connectivity index (χ2n) is 9.62. The molecule has 3 nitrogen and oxygen atoms in total. The summed E-state index contributed by atoms with van der Waals surface area (Å²) >= 11 is 0. The van der Waals surface area contributed by atoms with Crippen LogP contribution in [0.1, 0.15) is 56.6 Å². The van der Waals surface area contributed by atoms with Crippen molar-refractivity contribution in [3.05, 3.63) is 90.2 Å². The highest BCUT2D eigenvalue weighted by Gasteiger charge is 2.22. The SMILES string of the molecule is C=C(/C=C/c1cccc(N(Cc2ccc(N3CCOCC3)cc2)C(=C)C2CCCCC2)c1)CC.